The van der Waals surface area contributed by atoms with Gasteiger partial charge in [-0.2, -0.15) is 4.31 Å². The smallest absolute Gasteiger partial charge is 0.251 e. The first-order valence-electron chi connectivity index (χ1n) is 9.52. The number of piperidine rings is 1. The van der Waals surface area contributed by atoms with Crippen molar-refractivity contribution in [1.29, 1.82) is 0 Å². The van der Waals surface area contributed by atoms with Gasteiger partial charge in [-0.05, 0) is 42.5 Å². The number of sulfonamides is 1. The number of benzene rings is 2. The van der Waals surface area contributed by atoms with E-state index < -0.39 is 10.0 Å². The number of amides is 1. The molecule has 150 valence electrons. The molecule has 2 aromatic carbocycles. The van der Waals surface area contributed by atoms with Crippen LogP contribution in [0.5, 0.6) is 0 Å². The zero-order valence-electron chi connectivity index (χ0n) is 15.9. The molecule has 0 spiro atoms. The first kappa shape index (κ1) is 20.8. The van der Waals surface area contributed by atoms with Crippen molar-refractivity contribution >= 4 is 27.5 Å². The molecule has 1 aliphatic rings. The lowest BCUT2D eigenvalue weighted by molar-refractivity contribution is 0.0951. The zero-order valence-corrected chi connectivity index (χ0v) is 17.5. The highest BCUT2D eigenvalue weighted by molar-refractivity contribution is 7.89. The normalized spacial score (nSPS) is 16.5. The Balaban J connectivity index is 1.74. The summed E-state index contributed by atoms with van der Waals surface area (Å²) in [6.45, 7) is 3.47. The maximum Gasteiger partial charge on any atom is 0.251 e. The van der Waals surface area contributed by atoms with Gasteiger partial charge in [-0.3, -0.25) is 4.79 Å². The third kappa shape index (κ3) is 4.74. The summed E-state index contributed by atoms with van der Waals surface area (Å²) in [5.41, 5.74) is 1.42. The summed E-state index contributed by atoms with van der Waals surface area (Å²) in [7, 11) is -3.70. The summed E-state index contributed by atoms with van der Waals surface area (Å²) < 4.78 is 27.3. The number of nitrogens with one attached hydrogen (secondary N) is 1. The first-order valence-corrected chi connectivity index (χ1v) is 11.3. The van der Waals surface area contributed by atoms with Crippen LogP contribution in [0.2, 0.25) is 5.02 Å². The van der Waals surface area contributed by atoms with Crippen molar-refractivity contribution in [1.82, 2.24) is 9.62 Å². The van der Waals surface area contributed by atoms with Crippen molar-refractivity contribution in [3.63, 3.8) is 0 Å². The molecule has 0 bridgehead atoms. The van der Waals surface area contributed by atoms with Crippen LogP contribution in [0.3, 0.4) is 0 Å². The van der Waals surface area contributed by atoms with Gasteiger partial charge in [-0.15, -0.1) is 0 Å². The second-order valence-corrected chi connectivity index (χ2v) is 9.45. The lowest BCUT2D eigenvalue weighted by Gasteiger charge is -2.26. The van der Waals surface area contributed by atoms with Crippen LogP contribution in [0.15, 0.2) is 53.4 Å². The van der Waals surface area contributed by atoms with Gasteiger partial charge in [0.15, 0.2) is 0 Å². The van der Waals surface area contributed by atoms with Gasteiger partial charge in [0, 0.05) is 25.2 Å². The number of rotatable bonds is 6. The summed E-state index contributed by atoms with van der Waals surface area (Å²) in [5, 5.41) is 3.02. The molecule has 1 saturated heterocycles. The molecule has 7 heteroatoms. The predicted octanol–water partition coefficient (Wildman–Crippen LogP) is 4.05. The minimum Gasteiger partial charge on any atom is -0.351 e. The second kappa shape index (κ2) is 9.07. The van der Waals surface area contributed by atoms with Gasteiger partial charge in [0.1, 0.15) is 4.90 Å². The van der Waals surface area contributed by atoms with E-state index in [1.165, 1.54) is 16.4 Å². The van der Waals surface area contributed by atoms with Crippen LogP contribution in [0.1, 0.15) is 48.0 Å². The fourth-order valence-corrected chi connectivity index (χ4v) is 5.35. The topological polar surface area (TPSA) is 66.5 Å². The van der Waals surface area contributed by atoms with E-state index in [1.54, 1.807) is 6.07 Å². The number of halogens is 1. The summed E-state index contributed by atoms with van der Waals surface area (Å²) in [4.78, 5) is 12.6. The van der Waals surface area contributed by atoms with Crippen LogP contribution in [-0.4, -0.2) is 38.3 Å². The Kier molecular flexibility index (Phi) is 6.75. The van der Waals surface area contributed by atoms with Crippen molar-refractivity contribution < 1.29 is 13.2 Å². The van der Waals surface area contributed by atoms with Crippen molar-refractivity contribution in [3.05, 3.63) is 64.7 Å². The van der Waals surface area contributed by atoms with Crippen molar-refractivity contribution in [2.24, 2.45) is 0 Å². The third-order valence-corrected chi connectivity index (χ3v) is 7.44. The summed E-state index contributed by atoms with van der Waals surface area (Å²) >= 11 is 6.17. The molecule has 1 N–H and O–H groups in total. The average molecular weight is 421 g/mol. The molecule has 1 fully saturated rings. The summed E-state index contributed by atoms with van der Waals surface area (Å²) in [5.74, 6) is -0.163. The van der Waals surface area contributed by atoms with Gasteiger partial charge in [-0.25, -0.2) is 8.42 Å². The molecular formula is C21H25ClN2O3S. The van der Waals surface area contributed by atoms with Crippen molar-refractivity contribution in [2.45, 2.75) is 37.0 Å². The van der Waals surface area contributed by atoms with Crippen LogP contribution in [0.25, 0.3) is 0 Å². The molecule has 1 heterocycles. The van der Waals surface area contributed by atoms with E-state index in [4.69, 9.17) is 11.6 Å². The Morgan fingerprint density at radius 3 is 2.46 bits per heavy atom. The van der Waals surface area contributed by atoms with Gasteiger partial charge >= 0.3 is 0 Å². The van der Waals surface area contributed by atoms with Crippen molar-refractivity contribution in [3.8, 4) is 0 Å². The van der Waals surface area contributed by atoms with E-state index in [9.17, 15) is 13.2 Å². The SMILES string of the molecule is C[C@@H](CNC(=O)c1ccc(Cl)c(S(=O)(=O)N2CCCCC2)c1)c1ccccc1. The highest BCUT2D eigenvalue weighted by Gasteiger charge is 2.28. The van der Waals surface area contributed by atoms with Gasteiger partial charge in [-0.1, -0.05) is 55.3 Å². The third-order valence-electron chi connectivity index (χ3n) is 5.06. The molecule has 0 aliphatic carbocycles. The first-order chi connectivity index (χ1) is 13.4. The van der Waals surface area contributed by atoms with Crippen LogP contribution in [0, 0.1) is 0 Å². The quantitative estimate of drug-likeness (QED) is 0.766. The Bertz CT molecular complexity index is 926. The second-order valence-electron chi connectivity index (χ2n) is 7.13. The van der Waals surface area contributed by atoms with Gasteiger partial charge in [0.05, 0.1) is 5.02 Å². The molecule has 2 aromatic rings. The number of carbonyl (C=O) groups is 1. The van der Waals surface area contributed by atoms with E-state index >= 15 is 0 Å². The molecule has 0 radical (unpaired) electrons. The Morgan fingerprint density at radius 2 is 1.79 bits per heavy atom. The number of hydrogen-bond donors (Lipinski definition) is 1. The van der Waals surface area contributed by atoms with Crippen LogP contribution in [0.4, 0.5) is 0 Å². The number of hydrogen-bond acceptors (Lipinski definition) is 3. The van der Waals surface area contributed by atoms with E-state index in [0.29, 0.717) is 25.2 Å². The molecular weight excluding hydrogens is 396 g/mol. The fraction of sp³-hybridized carbons (Fsp3) is 0.381. The fourth-order valence-electron chi connectivity index (χ4n) is 3.33. The standard InChI is InChI=1S/C21H25ClN2O3S/c1-16(17-8-4-2-5-9-17)15-23-21(25)18-10-11-19(22)20(14-18)28(26,27)24-12-6-3-7-13-24/h2,4-5,8-11,14,16H,3,6-7,12-13,15H2,1H3,(H,23,25)/t16-/m0/s1. The average Bonchev–Trinajstić information content (AvgIpc) is 2.73. The molecule has 1 aliphatic heterocycles. The highest BCUT2D eigenvalue weighted by atomic mass is 35.5. The van der Waals surface area contributed by atoms with Crippen LogP contribution >= 0.6 is 11.6 Å². The molecule has 1 amide bonds. The number of nitrogens with zero attached hydrogens (tertiary/aromatic N) is 1. The molecule has 0 aromatic heterocycles. The molecule has 5 nitrogen and oxygen atoms in total. The lowest BCUT2D eigenvalue weighted by Crippen LogP contribution is -2.36. The molecule has 0 saturated carbocycles. The van der Waals surface area contributed by atoms with Crippen LogP contribution in [-0.2, 0) is 10.0 Å². The Labute approximate surface area is 171 Å². The predicted molar refractivity (Wildman–Crippen MR) is 111 cm³/mol. The van der Waals surface area contributed by atoms with E-state index in [2.05, 4.69) is 5.32 Å². The molecule has 0 unspecified atom stereocenters. The molecule has 3 rings (SSSR count). The lowest BCUT2D eigenvalue weighted by atomic mass is 10.0. The van der Waals surface area contributed by atoms with Crippen LogP contribution < -0.4 is 5.32 Å². The minimum absolute atomic E-state index is 0.000162. The maximum absolute atomic E-state index is 12.9. The molecule has 28 heavy (non-hydrogen) atoms. The number of carbonyl (C=O) groups excluding carboxylic acids is 1. The van der Waals surface area contributed by atoms with E-state index in [1.807, 2.05) is 37.3 Å². The van der Waals surface area contributed by atoms with E-state index in [0.717, 1.165) is 24.8 Å². The Morgan fingerprint density at radius 1 is 1.11 bits per heavy atom. The van der Waals surface area contributed by atoms with Gasteiger partial charge < -0.3 is 5.32 Å². The van der Waals surface area contributed by atoms with Gasteiger partial charge in [0.2, 0.25) is 10.0 Å². The van der Waals surface area contributed by atoms with Crippen molar-refractivity contribution in [2.75, 3.05) is 19.6 Å². The van der Waals surface area contributed by atoms with E-state index in [-0.39, 0.29) is 21.7 Å². The minimum atomic E-state index is -3.70. The molecule has 1 atom stereocenters. The zero-order chi connectivity index (χ0) is 20.1. The largest absolute Gasteiger partial charge is 0.351 e. The monoisotopic (exact) mass is 420 g/mol. The summed E-state index contributed by atoms with van der Waals surface area (Å²) in [6.07, 6.45) is 2.71. The summed E-state index contributed by atoms with van der Waals surface area (Å²) in [6, 6.07) is 14.3. The highest BCUT2D eigenvalue weighted by Crippen LogP contribution is 2.28. The van der Waals surface area contributed by atoms with Gasteiger partial charge in [0.25, 0.3) is 5.91 Å². The maximum atomic E-state index is 12.9. The Hall–Kier alpha value is -1.89.